The van der Waals surface area contributed by atoms with Gasteiger partial charge in [-0.2, -0.15) is 8.42 Å². The van der Waals surface area contributed by atoms with Crippen LogP contribution >= 0.6 is 7.92 Å². The molecule has 0 bridgehead atoms. The number of hydrogen-bond donors (Lipinski definition) is 0. The summed E-state index contributed by atoms with van der Waals surface area (Å²) in [5.41, 5.74) is 0. The first-order chi connectivity index (χ1) is 6.55. The van der Waals surface area contributed by atoms with Gasteiger partial charge in [0.05, 0.1) is 0 Å². The highest BCUT2D eigenvalue weighted by Gasteiger charge is 2.33. The summed E-state index contributed by atoms with van der Waals surface area (Å²) in [5, 5.41) is 1.95. The van der Waals surface area contributed by atoms with Crippen LogP contribution < -0.4 is 0 Å². The van der Waals surface area contributed by atoms with Crippen LogP contribution in [0.3, 0.4) is 0 Å². The van der Waals surface area contributed by atoms with Crippen LogP contribution in [0.15, 0.2) is 0 Å². The molecule has 0 spiro atoms. The fourth-order valence-electron chi connectivity index (χ4n) is 1.96. The van der Waals surface area contributed by atoms with E-state index < -0.39 is 10.3 Å². The summed E-state index contributed by atoms with van der Waals surface area (Å²) in [6, 6.07) is 0. The van der Waals surface area contributed by atoms with E-state index in [2.05, 4.69) is 41.5 Å². The van der Waals surface area contributed by atoms with Crippen molar-refractivity contribution in [2.24, 2.45) is 0 Å². The van der Waals surface area contributed by atoms with Crippen LogP contribution in [0.25, 0.3) is 0 Å². The Labute approximate surface area is 96.7 Å². The Morgan fingerprint density at radius 3 is 1.67 bits per heavy atom. The van der Waals surface area contributed by atoms with Gasteiger partial charge in [0, 0.05) is 5.37 Å². The molecule has 0 N–H and O–H groups in total. The van der Waals surface area contributed by atoms with Gasteiger partial charge in [0.1, 0.15) is 0 Å². The molecule has 0 aromatic rings. The Morgan fingerprint density at radius 2 is 1.40 bits per heavy atom. The molecule has 4 heteroatoms. The molecule has 0 heterocycles. The van der Waals surface area contributed by atoms with Crippen LogP contribution in [0.4, 0.5) is 0 Å². The molecule has 0 amide bonds. The summed E-state index contributed by atoms with van der Waals surface area (Å²) in [7, 11) is -2.18. The summed E-state index contributed by atoms with van der Waals surface area (Å²) < 4.78 is 20.9. The molecule has 90 valence electrons. The van der Waals surface area contributed by atoms with Gasteiger partial charge in [-0.05, 0) is 22.9 Å². The van der Waals surface area contributed by atoms with Crippen LogP contribution in [0, 0.1) is 0 Å². The zero-order valence-corrected chi connectivity index (χ0v) is 12.4. The third-order valence-corrected chi connectivity index (χ3v) is 6.68. The van der Waals surface area contributed by atoms with Gasteiger partial charge in [0.15, 0.2) is 0 Å². The minimum Gasteiger partial charge on any atom is -0.185 e. The van der Waals surface area contributed by atoms with E-state index in [9.17, 15) is 8.42 Å². The van der Waals surface area contributed by atoms with E-state index in [1.54, 1.807) is 0 Å². The van der Waals surface area contributed by atoms with Crippen LogP contribution in [-0.2, 0) is 10.3 Å². The van der Waals surface area contributed by atoms with Gasteiger partial charge >= 0.3 is 0 Å². The van der Waals surface area contributed by atoms with E-state index in [1.165, 1.54) is 5.37 Å². The maximum atomic E-state index is 10.4. The maximum Gasteiger partial charge on any atom is 0.209 e. The predicted molar refractivity (Wildman–Crippen MR) is 70.9 cm³/mol. The van der Waals surface area contributed by atoms with E-state index in [1.807, 2.05) is 0 Å². The number of hydrogen-bond acceptors (Lipinski definition) is 2. The monoisotopic (exact) mass is 250 g/mol. The van der Waals surface area contributed by atoms with E-state index >= 15 is 0 Å². The molecule has 0 unspecified atom stereocenters. The third kappa shape index (κ3) is 6.32. The van der Waals surface area contributed by atoms with Gasteiger partial charge in [-0.15, -0.1) is 0 Å². The first kappa shape index (κ1) is 15.1. The molecule has 0 aliphatic carbocycles. The van der Waals surface area contributed by atoms with Crippen molar-refractivity contribution >= 4 is 23.6 Å². The zero-order chi connectivity index (χ0) is 12.3. The third-order valence-electron chi connectivity index (χ3n) is 2.23. The molecular formula is C11H23O2PS. The number of rotatable bonds is 3. The summed E-state index contributed by atoms with van der Waals surface area (Å²) in [4.78, 5) is 0. The Hall–Kier alpha value is 0.120. The Balaban J connectivity index is 4.63. The van der Waals surface area contributed by atoms with Gasteiger partial charge in [-0.3, -0.25) is 0 Å². The molecule has 0 aromatic carbocycles. The lowest BCUT2D eigenvalue weighted by Crippen LogP contribution is -2.26. The topological polar surface area (TPSA) is 34.1 Å². The van der Waals surface area contributed by atoms with Crippen molar-refractivity contribution in [3.8, 4) is 0 Å². The Kier molecular flexibility index (Phi) is 5.49. The van der Waals surface area contributed by atoms with E-state index in [0.29, 0.717) is 6.42 Å². The molecule has 0 aliphatic rings. The van der Waals surface area contributed by atoms with Gasteiger partial charge in [-0.1, -0.05) is 49.5 Å². The standard InChI is InChI=1S/C11H23O2PS/c1-10(2,3)14(11(4,5)6)8-7-9-15(12)13/h9H,7-8H2,1-6H3. The molecule has 0 saturated heterocycles. The van der Waals surface area contributed by atoms with Crippen molar-refractivity contribution in [1.29, 1.82) is 0 Å². The van der Waals surface area contributed by atoms with Crippen molar-refractivity contribution in [1.82, 2.24) is 0 Å². The van der Waals surface area contributed by atoms with E-state index in [0.717, 1.165) is 6.16 Å². The van der Waals surface area contributed by atoms with Gasteiger partial charge in [-0.25, -0.2) is 0 Å². The molecule has 0 rings (SSSR count). The summed E-state index contributed by atoms with van der Waals surface area (Å²) in [6.07, 6.45) is 1.67. The lowest BCUT2D eigenvalue weighted by Gasteiger charge is -2.41. The SMILES string of the molecule is CC(C)(C)P(CCC=S(=O)=O)C(C)(C)C. The van der Waals surface area contributed by atoms with Gasteiger partial charge < -0.3 is 0 Å². The maximum absolute atomic E-state index is 10.4. The molecule has 0 atom stereocenters. The van der Waals surface area contributed by atoms with Crippen LogP contribution in [0.2, 0.25) is 0 Å². The normalized spacial score (nSPS) is 13.0. The largest absolute Gasteiger partial charge is 0.209 e. The van der Waals surface area contributed by atoms with Crippen molar-refractivity contribution < 1.29 is 8.42 Å². The average Bonchev–Trinajstić information content (AvgIpc) is 1.92. The Bertz CT molecular complexity index is 295. The minimum atomic E-state index is -2.00. The second-order valence-corrected chi connectivity index (χ2v) is 10.5. The molecule has 0 aliphatic heterocycles. The highest BCUT2D eigenvalue weighted by atomic mass is 32.2. The highest BCUT2D eigenvalue weighted by Crippen LogP contribution is 2.59. The minimum absolute atomic E-state index is 0.178. The molecule has 0 fully saturated rings. The van der Waals surface area contributed by atoms with Crippen LogP contribution in [0.5, 0.6) is 0 Å². The van der Waals surface area contributed by atoms with Crippen molar-refractivity contribution in [3.63, 3.8) is 0 Å². The molecule has 0 saturated carbocycles. The van der Waals surface area contributed by atoms with Gasteiger partial charge in [0.2, 0.25) is 10.3 Å². The lowest BCUT2D eigenvalue weighted by molar-refractivity contribution is 0.627. The Morgan fingerprint density at radius 1 is 1.00 bits per heavy atom. The predicted octanol–water partition coefficient (Wildman–Crippen LogP) is 3.14. The molecular weight excluding hydrogens is 227 g/mol. The lowest BCUT2D eigenvalue weighted by atomic mass is 10.2. The second kappa shape index (κ2) is 5.45. The van der Waals surface area contributed by atoms with Gasteiger partial charge in [0.25, 0.3) is 0 Å². The molecule has 0 radical (unpaired) electrons. The summed E-state index contributed by atoms with van der Waals surface area (Å²) >= 11 is 0. The second-order valence-electron chi connectivity index (χ2n) is 5.71. The first-order valence-electron chi connectivity index (χ1n) is 5.24. The fraction of sp³-hybridized carbons (Fsp3) is 0.909. The van der Waals surface area contributed by atoms with E-state index in [-0.39, 0.29) is 18.2 Å². The summed E-state index contributed by atoms with van der Waals surface area (Å²) in [5.74, 6) is 0. The molecule has 0 aromatic heterocycles. The van der Waals surface area contributed by atoms with Crippen molar-refractivity contribution in [2.75, 3.05) is 6.16 Å². The van der Waals surface area contributed by atoms with E-state index in [4.69, 9.17) is 0 Å². The fourth-order valence-corrected chi connectivity index (χ4v) is 6.18. The smallest absolute Gasteiger partial charge is 0.185 e. The molecule has 15 heavy (non-hydrogen) atoms. The van der Waals surface area contributed by atoms with Crippen molar-refractivity contribution in [2.45, 2.75) is 58.3 Å². The average molecular weight is 250 g/mol. The quantitative estimate of drug-likeness (QED) is 0.569. The van der Waals surface area contributed by atoms with Crippen LogP contribution in [-0.4, -0.2) is 30.3 Å². The summed E-state index contributed by atoms with van der Waals surface area (Å²) in [6.45, 7) is 13.5. The van der Waals surface area contributed by atoms with Crippen LogP contribution in [0.1, 0.15) is 48.0 Å². The van der Waals surface area contributed by atoms with Crippen molar-refractivity contribution in [3.05, 3.63) is 0 Å². The highest BCUT2D eigenvalue weighted by molar-refractivity contribution is 7.71. The first-order valence-corrected chi connectivity index (χ1v) is 7.91. The zero-order valence-electron chi connectivity index (χ0n) is 10.7. The molecule has 2 nitrogen and oxygen atoms in total.